The van der Waals surface area contributed by atoms with Crippen molar-refractivity contribution in [3.63, 3.8) is 0 Å². The molecule has 0 atom stereocenters. The molecule has 0 aromatic carbocycles. The minimum Gasteiger partial charge on any atom is -0.506 e. The lowest BCUT2D eigenvalue weighted by molar-refractivity contribution is 0.473. The molecule has 2 heterocycles. The monoisotopic (exact) mass is 191 g/mol. The Labute approximate surface area is 80.5 Å². The first kappa shape index (κ1) is 8.26. The van der Waals surface area contributed by atoms with Crippen LogP contribution in [0.15, 0.2) is 30.6 Å². The molecule has 0 amide bonds. The van der Waals surface area contributed by atoms with Crippen LogP contribution in [0.3, 0.4) is 0 Å². The van der Waals surface area contributed by atoms with E-state index in [1.54, 1.807) is 23.6 Å². The summed E-state index contributed by atoms with van der Waals surface area (Å²) in [5.74, 6) is 0.212. The highest BCUT2D eigenvalue weighted by Crippen LogP contribution is 2.28. The first-order chi connectivity index (χ1) is 6.25. The molecule has 0 bridgehead atoms. The van der Waals surface area contributed by atoms with Gasteiger partial charge in [0, 0.05) is 21.5 Å². The van der Waals surface area contributed by atoms with E-state index in [9.17, 15) is 5.11 Å². The fourth-order valence-corrected chi connectivity index (χ4v) is 2.00. The van der Waals surface area contributed by atoms with Crippen LogP contribution in [0.2, 0.25) is 0 Å². The van der Waals surface area contributed by atoms with E-state index in [-0.39, 0.29) is 5.75 Å². The summed E-state index contributed by atoms with van der Waals surface area (Å²) in [5, 5.41) is 9.22. The van der Waals surface area contributed by atoms with E-state index in [2.05, 4.69) is 18.0 Å². The molecule has 0 aliphatic rings. The Morgan fingerprint density at radius 3 is 2.77 bits per heavy atom. The van der Waals surface area contributed by atoms with Gasteiger partial charge in [-0.1, -0.05) is 0 Å². The summed E-state index contributed by atoms with van der Waals surface area (Å²) in [5.41, 5.74) is 0.970. The van der Waals surface area contributed by atoms with Gasteiger partial charge in [-0.15, -0.1) is 11.3 Å². The quantitative estimate of drug-likeness (QED) is 0.751. The van der Waals surface area contributed by atoms with Gasteiger partial charge in [-0.3, -0.25) is 4.98 Å². The molecule has 0 saturated heterocycles. The Morgan fingerprint density at radius 2 is 2.15 bits per heavy atom. The van der Waals surface area contributed by atoms with Gasteiger partial charge in [0.1, 0.15) is 5.75 Å². The van der Waals surface area contributed by atoms with Crippen molar-refractivity contribution >= 4 is 11.3 Å². The van der Waals surface area contributed by atoms with Gasteiger partial charge in [-0.05, 0) is 25.1 Å². The van der Waals surface area contributed by atoms with Crippen molar-refractivity contribution in [2.75, 3.05) is 0 Å². The van der Waals surface area contributed by atoms with Gasteiger partial charge in [-0.2, -0.15) is 0 Å². The van der Waals surface area contributed by atoms with E-state index in [0.29, 0.717) is 0 Å². The van der Waals surface area contributed by atoms with Gasteiger partial charge in [0.05, 0.1) is 6.20 Å². The highest BCUT2D eigenvalue weighted by molar-refractivity contribution is 7.15. The van der Waals surface area contributed by atoms with E-state index < -0.39 is 0 Å². The van der Waals surface area contributed by atoms with E-state index in [0.717, 1.165) is 10.4 Å². The van der Waals surface area contributed by atoms with Crippen molar-refractivity contribution < 1.29 is 5.11 Å². The van der Waals surface area contributed by atoms with Gasteiger partial charge in [0.15, 0.2) is 0 Å². The van der Waals surface area contributed by atoms with Crippen LogP contribution in [-0.2, 0) is 0 Å². The molecule has 1 N–H and O–H groups in total. The maximum atomic E-state index is 9.22. The number of thiophene rings is 1. The zero-order valence-corrected chi connectivity index (χ0v) is 8.01. The standard InChI is InChI=1S/C10H9NOS/c1-7-2-3-10(13-7)8-4-9(12)6-11-5-8/h2-6,12H,1H3. The molecule has 2 aromatic rings. The molecule has 2 rings (SSSR count). The normalized spacial score (nSPS) is 10.2. The van der Waals surface area contributed by atoms with Crippen LogP contribution in [-0.4, -0.2) is 10.1 Å². The predicted octanol–water partition coefficient (Wildman–Crippen LogP) is 2.82. The van der Waals surface area contributed by atoms with Crippen molar-refractivity contribution in [2.24, 2.45) is 0 Å². The highest BCUT2D eigenvalue weighted by Gasteiger charge is 2.01. The van der Waals surface area contributed by atoms with Gasteiger partial charge in [0.25, 0.3) is 0 Å². The lowest BCUT2D eigenvalue weighted by atomic mass is 10.2. The summed E-state index contributed by atoms with van der Waals surface area (Å²) in [6.45, 7) is 2.06. The van der Waals surface area contributed by atoms with E-state index >= 15 is 0 Å². The molecule has 66 valence electrons. The third kappa shape index (κ3) is 1.70. The SMILES string of the molecule is Cc1ccc(-c2cncc(O)c2)s1. The Kier molecular flexibility index (Phi) is 2.02. The molecule has 0 radical (unpaired) electrons. The van der Waals surface area contributed by atoms with E-state index in [1.807, 2.05) is 6.07 Å². The topological polar surface area (TPSA) is 33.1 Å². The summed E-state index contributed by atoms with van der Waals surface area (Å²) in [6, 6.07) is 5.82. The zero-order valence-electron chi connectivity index (χ0n) is 7.19. The largest absolute Gasteiger partial charge is 0.506 e. The molecule has 0 spiro atoms. The van der Waals surface area contributed by atoms with Crippen LogP contribution in [0.1, 0.15) is 4.88 Å². The van der Waals surface area contributed by atoms with E-state index in [1.165, 1.54) is 11.1 Å². The summed E-state index contributed by atoms with van der Waals surface area (Å²) in [6.07, 6.45) is 3.19. The second-order valence-electron chi connectivity index (χ2n) is 2.84. The van der Waals surface area contributed by atoms with Crippen molar-refractivity contribution in [3.8, 4) is 16.2 Å². The number of aryl methyl sites for hydroxylation is 1. The number of nitrogens with zero attached hydrogens (tertiary/aromatic N) is 1. The van der Waals surface area contributed by atoms with Gasteiger partial charge < -0.3 is 5.11 Å². The molecule has 0 aliphatic heterocycles. The maximum Gasteiger partial charge on any atom is 0.134 e. The molecule has 2 aromatic heterocycles. The smallest absolute Gasteiger partial charge is 0.134 e. The zero-order chi connectivity index (χ0) is 9.26. The Morgan fingerprint density at radius 1 is 1.31 bits per heavy atom. The lowest BCUT2D eigenvalue weighted by Crippen LogP contribution is -1.74. The molecule has 0 fully saturated rings. The van der Waals surface area contributed by atoms with Crippen molar-refractivity contribution in [1.82, 2.24) is 4.98 Å². The minimum absolute atomic E-state index is 0.212. The Hall–Kier alpha value is -1.35. The van der Waals surface area contributed by atoms with Crippen molar-refractivity contribution in [3.05, 3.63) is 35.5 Å². The van der Waals surface area contributed by atoms with E-state index in [4.69, 9.17) is 0 Å². The van der Waals surface area contributed by atoms with Crippen molar-refractivity contribution in [1.29, 1.82) is 0 Å². The Balaban J connectivity index is 2.46. The van der Waals surface area contributed by atoms with Gasteiger partial charge in [-0.25, -0.2) is 0 Å². The molecular weight excluding hydrogens is 182 g/mol. The fourth-order valence-electron chi connectivity index (χ4n) is 1.15. The van der Waals surface area contributed by atoms with Crippen LogP contribution in [0.4, 0.5) is 0 Å². The van der Waals surface area contributed by atoms with Crippen LogP contribution in [0.25, 0.3) is 10.4 Å². The third-order valence-electron chi connectivity index (χ3n) is 1.75. The maximum absolute atomic E-state index is 9.22. The van der Waals surface area contributed by atoms with Crippen molar-refractivity contribution in [2.45, 2.75) is 6.92 Å². The average Bonchev–Trinajstić information content (AvgIpc) is 2.52. The van der Waals surface area contributed by atoms with Crippen LogP contribution >= 0.6 is 11.3 Å². The number of hydrogen-bond acceptors (Lipinski definition) is 3. The summed E-state index contributed by atoms with van der Waals surface area (Å²) >= 11 is 1.70. The fraction of sp³-hybridized carbons (Fsp3) is 0.100. The number of aromatic nitrogens is 1. The van der Waals surface area contributed by atoms with Crippen LogP contribution in [0, 0.1) is 6.92 Å². The molecule has 0 aliphatic carbocycles. The molecule has 3 heteroatoms. The molecule has 2 nitrogen and oxygen atoms in total. The second-order valence-corrected chi connectivity index (χ2v) is 4.13. The minimum atomic E-state index is 0.212. The summed E-state index contributed by atoms with van der Waals surface area (Å²) in [7, 11) is 0. The average molecular weight is 191 g/mol. The first-order valence-electron chi connectivity index (χ1n) is 3.96. The number of rotatable bonds is 1. The molecular formula is C10H9NOS. The number of pyridine rings is 1. The lowest BCUT2D eigenvalue weighted by Gasteiger charge is -1.96. The second kappa shape index (κ2) is 3.18. The van der Waals surface area contributed by atoms with Gasteiger partial charge >= 0.3 is 0 Å². The Bertz CT molecular complexity index is 422. The summed E-state index contributed by atoms with van der Waals surface area (Å²) in [4.78, 5) is 6.33. The van der Waals surface area contributed by atoms with Gasteiger partial charge in [0.2, 0.25) is 0 Å². The van der Waals surface area contributed by atoms with Crippen LogP contribution in [0.5, 0.6) is 5.75 Å². The predicted molar refractivity (Wildman–Crippen MR) is 54.0 cm³/mol. The molecule has 0 saturated carbocycles. The number of aromatic hydroxyl groups is 1. The molecule has 0 unspecified atom stereocenters. The first-order valence-corrected chi connectivity index (χ1v) is 4.78. The summed E-state index contributed by atoms with van der Waals surface area (Å²) < 4.78 is 0. The number of hydrogen-bond donors (Lipinski definition) is 1. The molecule has 13 heavy (non-hydrogen) atoms. The van der Waals surface area contributed by atoms with Crippen LogP contribution < -0.4 is 0 Å². The highest BCUT2D eigenvalue weighted by atomic mass is 32.1. The third-order valence-corrected chi connectivity index (χ3v) is 2.80.